The van der Waals surface area contributed by atoms with E-state index in [2.05, 4.69) is 37.8 Å². The summed E-state index contributed by atoms with van der Waals surface area (Å²) in [5, 5.41) is 15.8. The summed E-state index contributed by atoms with van der Waals surface area (Å²) in [5.74, 6) is 0.935. The molecule has 11 heteroatoms. The van der Waals surface area contributed by atoms with E-state index in [1.165, 1.54) is 13.3 Å². The normalized spacial score (nSPS) is 12.6. The highest BCUT2D eigenvalue weighted by Crippen LogP contribution is 2.37. The van der Waals surface area contributed by atoms with Crippen molar-refractivity contribution in [2.24, 2.45) is 11.0 Å². The van der Waals surface area contributed by atoms with E-state index in [9.17, 15) is 9.59 Å². The van der Waals surface area contributed by atoms with Crippen LogP contribution in [0.15, 0.2) is 64.2 Å². The molecule has 3 aromatic rings. The van der Waals surface area contributed by atoms with Gasteiger partial charge in [-0.3, -0.25) is 9.59 Å². The Labute approximate surface area is 240 Å². The molecule has 40 heavy (non-hydrogen) atoms. The molecule has 206 valence electrons. The van der Waals surface area contributed by atoms with Crippen molar-refractivity contribution in [3.8, 4) is 29.1 Å². The monoisotopic (exact) mass is 606 g/mol. The third-order valence-electron chi connectivity index (χ3n) is 5.98. The van der Waals surface area contributed by atoms with Crippen LogP contribution in [-0.4, -0.2) is 38.0 Å². The van der Waals surface area contributed by atoms with Gasteiger partial charge in [-0.05, 0) is 75.4 Å². The Morgan fingerprint density at radius 2 is 1.88 bits per heavy atom. The zero-order chi connectivity index (χ0) is 28.6. The molecule has 0 saturated carbocycles. The van der Waals surface area contributed by atoms with Crippen molar-refractivity contribution in [2.45, 2.75) is 26.5 Å². The highest BCUT2D eigenvalue weighted by atomic mass is 79.9. The Morgan fingerprint density at radius 1 is 1.12 bits per heavy atom. The number of hydrazone groups is 1. The van der Waals surface area contributed by atoms with Gasteiger partial charge in [0.1, 0.15) is 12.6 Å². The molecule has 0 bridgehead atoms. The zero-order valence-electron chi connectivity index (χ0n) is 22.1. The minimum atomic E-state index is -0.825. The third-order valence-corrected chi connectivity index (χ3v) is 6.57. The molecule has 1 aliphatic rings. The highest BCUT2D eigenvalue weighted by Gasteiger charge is 2.25. The molecule has 10 nitrogen and oxygen atoms in total. The van der Waals surface area contributed by atoms with Gasteiger partial charge < -0.3 is 24.3 Å². The molecule has 1 aliphatic heterocycles. The lowest BCUT2D eigenvalue weighted by Crippen LogP contribution is -2.48. The number of nitriles is 1. The summed E-state index contributed by atoms with van der Waals surface area (Å²) in [6.07, 6.45) is 1.46. The van der Waals surface area contributed by atoms with E-state index in [1.54, 1.807) is 42.5 Å². The van der Waals surface area contributed by atoms with Gasteiger partial charge >= 0.3 is 0 Å². The summed E-state index contributed by atoms with van der Waals surface area (Å²) < 4.78 is 22.7. The van der Waals surface area contributed by atoms with Crippen molar-refractivity contribution in [1.82, 2.24) is 10.7 Å². The smallest absolute Gasteiger partial charge is 0.262 e. The molecule has 1 heterocycles. The van der Waals surface area contributed by atoms with Crippen molar-refractivity contribution >= 4 is 34.0 Å². The van der Waals surface area contributed by atoms with E-state index in [1.807, 2.05) is 26.0 Å². The van der Waals surface area contributed by atoms with Gasteiger partial charge in [0.15, 0.2) is 23.0 Å². The fourth-order valence-corrected chi connectivity index (χ4v) is 4.40. The summed E-state index contributed by atoms with van der Waals surface area (Å²) in [5.41, 5.74) is 4.96. The van der Waals surface area contributed by atoms with E-state index in [-0.39, 0.29) is 19.3 Å². The molecule has 1 unspecified atom stereocenters. The van der Waals surface area contributed by atoms with Crippen LogP contribution in [0.25, 0.3) is 0 Å². The first-order valence-corrected chi connectivity index (χ1v) is 13.1. The van der Waals surface area contributed by atoms with Crippen LogP contribution in [0.1, 0.15) is 40.9 Å². The zero-order valence-corrected chi connectivity index (χ0v) is 23.7. The van der Waals surface area contributed by atoms with Gasteiger partial charge in [-0.2, -0.15) is 10.4 Å². The minimum Gasteiger partial charge on any atom is -0.493 e. The van der Waals surface area contributed by atoms with Gasteiger partial charge in [-0.25, -0.2) is 5.43 Å². The lowest BCUT2D eigenvalue weighted by molar-refractivity contribution is -0.123. The van der Waals surface area contributed by atoms with Crippen LogP contribution in [-0.2, 0) is 11.4 Å². The van der Waals surface area contributed by atoms with Crippen molar-refractivity contribution in [3.63, 3.8) is 0 Å². The number of nitrogens with one attached hydrogen (secondary N) is 2. The van der Waals surface area contributed by atoms with Crippen LogP contribution in [0.5, 0.6) is 23.0 Å². The van der Waals surface area contributed by atoms with Gasteiger partial charge in [0.25, 0.3) is 11.8 Å². The Balaban J connectivity index is 1.38. The van der Waals surface area contributed by atoms with Crippen LogP contribution in [0, 0.1) is 17.2 Å². The van der Waals surface area contributed by atoms with Crippen molar-refractivity contribution in [1.29, 1.82) is 5.26 Å². The largest absolute Gasteiger partial charge is 0.493 e. The average Bonchev–Trinajstić information content (AvgIpc) is 3.43. The Hall–Kier alpha value is -4.56. The van der Waals surface area contributed by atoms with Crippen molar-refractivity contribution in [3.05, 3.63) is 81.3 Å². The summed E-state index contributed by atoms with van der Waals surface area (Å²) in [6, 6.07) is 16.7. The number of halogens is 1. The Morgan fingerprint density at radius 3 is 2.58 bits per heavy atom. The predicted molar refractivity (Wildman–Crippen MR) is 151 cm³/mol. The number of benzene rings is 3. The second-order valence-corrected chi connectivity index (χ2v) is 9.98. The standard InChI is InChI=1S/C29H27BrN4O6/c1-17(2)26(33-28(35)21-8-9-23-24(12-21)40-16-39-23)29(36)34-32-14-20-10-22(30)27(25(11-20)37-3)38-15-19-6-4-18(13-31)5-7-19/h4-12,14,17,26H,15-16H2,1-3H3,(H,33,35)(H,34,36). The van der Waals surface area contributed by atoms with Crippen LogP contribution in [0.4, 0.5) is 0 Å². The second kappa shape index (κ2) is 13.0. The molecule has 0 saturated heterocycles. The van der Waals surface area contributed by atoms with E-state index in [4.69, 9.17) is 24.2 Å². The van der Waals surface area contributed by atoms with E-state index in [0.29, 0.717) is 44.2 Å². The first kappa shape index (κ1) is 28.4. The fourth-order valence-electron chi connectivity index (χ4n) is 3.82. The number of amides is 2. The summed E-state index contributed by atoms with van der Waals surface area (Å²) in [7, 11) is 1.52. The number of methoxy groups -OCH3 is 1. The average molecular weight is 607 g/mol. The first-order valence-electron chi connectivity index (χ1n) is 12.3. The second-order valence-electron chi connectivity index (χ2n) is 9.13. The number of carbonyl (C=O) groups is 2. The number of fused-ring (bicyclic) bond motifs is 1. The van der Waals surface area contributed by atoms with Gasteiger partial charge in [-0.1, -0.05) is 26.0 Å². The quantitative estimate of drug-likeness (QED) is 0.256. The SMILES string of the molecule is COc1cc(C=NNC(=O)C(NC(=O)c2ccc3c(c2)OCO3)C(C)C)cc(Br)c1OCc1ccc(C#N)cc1. The molecule has 3 aromatic carbocycles. The molecule has 2 N–H and O–H groups in total. The maximum absolute atomic E-state index is 12.9. The molecule has 0 aromatic heterocycles. The highest BCUT2D eigenvalue weighted by molar-refractivity contribution is 9.10. The van der Waals surface area contributed by atoms with Gasteiger partial charge in [0.2, 0.25) is 6.79 Å². The van der Waals surface area contributed by atoms with E-state index < -0.39 is 17.9 Å². The maximum atomic E-state index is 12.9. The molecule has 2 amide bonds. The molecule has 1 atom stereocenters. The van der Waals surface area contributed by atoms with Crippen LogP contribution in [0.2, 0.25) is 0 Å². The third kappa shape index (κ3) is 6.90. The fraction of sp³-hybridized carbons (Fsp3) is 0.241. The topological polar surface area (TPSA) is 131 Å². The molecule has 0 radical (unpaired) electrons. The summed E-state index contributed by atoms with van der Waals surface area (Å²) in [4.78, 5) is 25.7. The van der Waals surface area contributed by atoms with Crippen molar-refractivity contribution in [2.75, 3.05) is 13.9 Å². The molecular weight excluding hydrogens is 580 g/mol. The van der Waals surface area contributed by atoms with E-state index >= 15 is 0 Å². The molecule has 4 rings (SSSR count). The number of carbonyl (C=O) groups excluding carboxylic acids is 2. The van der Waals surface area contributed by atoms with Gasteiger partial charge in [0, 0.05) is 5.56 Å². The molecular formula is C29H27BrN4O6. The Bertz CT molecular complexity index is 1470. The van der Waals surface area contributed by atoms with Gasteiger partial charge in [-0.15, -0.1) is 0 Å². The summed E-state index contributed by atoms with van der Waals surface area (Å²) in [6.45, 7) is 4.03. The van der Waals surface area contributed by atoms with Crippen LogP contribution in [0.3, 0.4) is 0 Å². The Kier molecular flexibility index (Phi) is 9.24. The number of rotatable bonds is 10. The van der Waals surface area contributed by atoms with Crippen LogP contribution < -0.4 is 29.7 Å². The summed E-state index contributed by atoms with van der Waals surface area (Å²) >= 11 is 3.50. The van der Waals surface area contributed by atoms with Gasteiger partial charge in [0.05, 0.1) is 29.4 Å². The van der Waals surface area contributed by atoms with Crippen LogP contribution >= 0.6 is 15.9 Å². The lowest BCUT2D eigenvalue weighted by atomic mass is 10.0. The first-order chi connectivity index (χ1) is 19.3. The number of ether oxygens (including phenoxy) is 4. The molecule has 0 aliphatic carbocycles. The van der Waals surface area contributed by atoms with Crippen molar-refractivity contribution < 1.29 is 28.5 Å². The lowest BCUT2D eigenvalue weighted by Gasteiger charge is -2.20. The molecule has 0 spiro atoms. The number of nitrogens with zero attached hydrogens (tertiary/aromatic N) is 2. The predicted octanol–water partition coefficient (Wildman–Crippen LogP) is 4.54. The minimum absolute atomic E-state index is 0.103. The number of hydrogen-bond donors (Lipinski definition) is 2. The maximum Gasteiger partial charge on any atom is 0.262 e. The molecule has 0 fully saturated rings. The van der Waals surface area contributed by atoms with E-state index in [0.717, 1.165) is 5.56 Å². The number of hydrogen-bond acceptors (Lipinski definition) is 8.